The Morgan fingerprint density at radius 1 is 1.63 bits per heavy atom. The number of carbonyl (C=O) groups excluding carboxylic acids is 1. The van der Waals surface area contributed by atoms with E-state index in [1.54, 1.807) is 17.3 Å². The number of ether oxygens (including phenoxy) is 1. The van der Waals surface area contributed by atoms with E-state index in [0.29, 0.717) is 25.4 Å². The highest BCUT2D eigenvalue weighted by Crippen LogP contribution is 2.28. The maximum absolute atomic E-state index is 12.1. The van der Waals surface area contributed by atoms with Crippen LogP contribution in [-0.4, -0.2) is 49.1 Å². The summed E-state index contributed by atoms with van der Waals surface area (Å²) >= 11 is 1.49. The quantitative estimate of drug-likeness (QED) is 0.727. The standard InChI is InChI=1S/C13H21N3O2S/c1-16(6-7-18-8-10-2-3-10)13(17)11-9-19-12(15-11)4-5-14/h9-10H,2-8,14H2,1H3. The van der Waals surface area contributed by atoms with Crippen LogP contribution in [0, 0.1) is 5.92 Å². The Morgan fingerprint density at radius 2 is 2.42 bits per heavy atom. The van der Waals surface area contributed by atoms with Crippen LogP contribution >= 0.6 is 11.3 Å². The molecule has 0 saturated heterocycles. The molecule has 0 bridgehead atoms. The Balaban J connectivity index is 1.73. The molecule has 1 amide bonds. The molecular weight excluding hydrogens is 262 g/mol. The number of amides is 1. The third-order valence-electron chi connectivity index (χ3n) is 3.10. The molecule has 1 saturated carbocycles. The summed E-state index contributed by atoms with van der Waals surface area (Å²) in [6.45, 7) is 2.60. The Morgan fingerprint density at radius 3 is 3.11 bits per heavy atom. The van der Waals surface area contributed by atoms with Gasteiger partial charge < -0.3 is 15.4 Å². The lowest BCUT2D eigenvalue weighted by Gasteiger charge is -2.15. The van der Waals surface area contributed by atoms with Crippen molar-refractivity contribution < 1.29 is 9.53 Å². The Labute approximate surface area is 117 Å². The summed E-state index contributed by atoms with van der Waals surface area (Å²) in [5, 5.41) is 2.72. The van der Waals surface area contributed by atoms with Gasteiger partial charge in [0.25, 0.3) is 5.91 Å². The van der Waals surface area contributed by atoms with Gasteiger partial charge in [0, 0.05) is 32.0 Å². The third kappa shape index (κ3) is 4.56. The van der Waals surface area contributed by atoms with Gasteiger partial charge in [0.05, 0.1) is 11.6 Å². The molecule has 1 heterocycles. The van der Waals surface area contributed by atoms with Crippen LogP contribution in [0.5, 0.6) is 0 Å². The molecule has 0 unspecified atom stereocenters. The van der Waals surface area contributed by atoms with Gasteiger partial charge in [-0.25, -0.2) is 4.98 Å². The molecule has 2 N–H and O–H groups in total. The highest BCUT2D eigenvalue weighted by Gasteiger charge is 2.21. The van der Waals surface area contributed by atoms with Gasteiger partial charge in [0.2, 0.25) is 0 Å². The van der Waals surface area contributed by atoms with E-state index in [9.17, 15) is 4.79 Å². The van der Waals surface area contributed by atoms with Gasteiger partial charge in [0.1, 0.15) is 5.69 Å². The van der Waals surface area contributed by atoms with Crippen LogP contribution in [0.2, 0.25) is 0 Å². The molecule has 0 aliphatic heterocycles. The molecular formula is C13H21N3O2S. The van der Waals surface area contributed by atoms with Gasteiger partial charge in [0.15, 0.2) is 0 Å². The first-order valence-electron chi connectivity index (χ1n) is 6.68. The van der Waals surface area contributed by atoms with E-state index >= 15 is 0 Å². The molecule has 106 valence electrons. The van der Waals surface area contributed by atoms with Gasteiger partial charge >= 0.3 is 0 Å². The van der Waals surface area contributed by atoms with Gasteiger partial charge in [-0.2, -0.15) is 0 Å². The fraction of sp³-hybridized carbons (Fsp3) is 0.692. The van der Waals surface area contributed by atoms with Crippen molar-refractivity contribution in [2.24, 2.45) is 11.7 Å². The molecule has 0 atom stereocenters. The van der Waals surface area contributed by atoms with Crippen LogP contribution in [0.1, 0.15) is 28.3 Å². The minimum atomic E-state index is -0.0467. The lowest BCUT2D eigenvalue weighted by atomic mass is 10.4. The van der Waals surface area contributed by atoms with Crippen LogP contribution in [0.15, 0.2) is 5.38 Å². The van der Waals surface area contributed by atoms with E-state index in [1.165, 1.54) is 24.2 Å². The maximum Gasteiger partial charge on any atom is 0.273 e. The van der Waals surface area contributed by atoms with E-state index in [1.807, 2.05) is 0 Å². The zero-order valence-electron chi connectivity index (χ0n) is 11.3. The average molecular weight is 283 g/mol. The molecule has 2 rings (SSSR count). The fourth-order valence-electron chi connectivity index (χ4n) is 1.68. The summed E-state index contributed by atoms with van der Waals surface area (Å²) in [6.07, 6.45) is 3.31. The van der Waals surface area contributed by atoms with Crippen molar-refractivity contribution in [3.63, 3.8) is 0 Å². The summed E-state index contributed by atoms with van der Waals surface area (Å²) in [7, 11) is 1.78. The smallest absolute Gasteiger partial charge is 0.273 e. The van der Waals surface area contributed by atoms with Gasteiger partial charge in [-0.1, -0.05) is 0 Å². The number of aromatic nitrogens is 1. The molecule has 1 fully saturated rings. The number of hydrogen-bond acceptors (Lipinski definition) is 5. The van der Waals surface area contributed by atoms with E-state index in [0.717, 1.165) is 24.0 Å². The molecule has 0 aromatic carbocycles. The Kier molecular flexibility index (Phi) is 5.30. The van der Waals surface area contributed by atoms with Gasteiger partial charge in [-0.05, 0) is 25.3 Å². The second kappa shape index (κ2) is 6.98. The first-order chi connectivity index (χ1) is 9.20. The third-order valence-corrected chi connectivity index (χ3v) is 4.01. The van der Waals surface area contributed by atoms with E-state index < -0.39 is 0 Å². The van der Waals surface area contributed by atoms with E-state index in [4.69, 9.17) is 10.5 Å². The molecule has 19 heavy (non-hydrogen) atoms. The summed E-state index contributed by atoms with van der Waals surface area (Å²) in [4.78, 5) is 18.0. The first-order valence-corrected chi connectivity index (χ1v) is 7.56. The van der Waals surface area contributed by atoms with Crippen molar-refractivity contribution in [1.29, 1.82) is 0 Å². The number of nitrogens with two attached hydrogens (primary N) is 1. The second-order valence-corrected chi connectivity index (χ2v) is 5.85. The molecule has 1 aromatic rings. The summed E-state index contributed by atoms with van der Waals surface area (Å²) in [5.74, 6) is 0.716. The molecule has 5 nitrogen and oxygen atoms in total. The predicted molar refractivity (Wildman–Crippen MR) is 75.4 cm³/mol. The lowest BCUT2D eigenvalue weighted by molar-refractivity contribution is 0.0676. The van der Waals surface area contributed by atoms with Crippen LogP contribution in [0.4, 0.5) is 0 Å². The number of rotatable bonds is 8. The topological polar surface area (TPSA) is 68.5 Å². The zero-order valence-corrected chi connectivity index (χ0v) is 12.1. The molecule has 6 heteroatoms. The van der Waals surface area contributed by atoms with E-state index in [-0.39, 0.29) is 5.91 Å². The fourth-order valence-corrected chi connectivity index (χ4v) is 2.47. The molecule has 0 radical (unpaired) electrons. The van der Waals surface area contributed by atoms with Crippen molar-refractivity contribution in [3.8, 4) is 0 Å². The highest BCUT2D eigenvalue weighted by molar-refractivity contribution is 7.09. The van der Waals surface area contributed by atoms with Crippen LogP contribution in [0.3, 0.4) is 0 Å². The molecule has 1 aliphatic rings. The van der Waals surface area contributed by atoms with Crippen LogP contribution in [0.25, 0.3) is 0 Å². The number of carbonyl (C=O) groups is 1. The minimum Gasteiger partial charge on any atom is -0.379 e. The van der Waals surface area contributed by atoms with Crippen molar-refractivity contribution in [1.82, 2.24) is 9.88 Å². The predicted octanol–water partition coefficient (Wildman–Crippen LogP) is 1.14. The number of hydrogen-bond donors (Lipinski definition) is 1. The zero-order chi connectivity index (χ0) is 13.7. The Bertz CT molecular complexity index is 418. The van der Waals surface area contributed by atoms with Crippen LogP contribution in [-0.2, 0) is 11.2 Å². The van der Waals surface area contributed by atoms with Gasteiger partial charge in [-0.15, -0.1) is 11.3 Å². The number of thiazole rings is 1. The second-order valence-electron chi connectivity index (χ2n) is 4.91. The van der Waals surface area contributed by atoms with Gasteiger partial charge in [-0.3, -0.25) is 4.79 Å². The summed E-state index contributed by atoms with van der Waals surface area (Å²) in [6, 6.07) is 0. The highest BCUT2D eigenvalue weighted by atomic mass is 32.1. The maximum atomic E-state index is 12.1. The molecule has 0 spiro atoms. The van der Waals surface area contributed by atoms with Crippen molar-refractivity contribution in [2.75, 3.05) is 33.4 Å². The SMILES string of the molecule is CN(CCOCC1CC1)C(=O)c1csc(CCN)n1. The normalized spacial score (nSPS) is 14.6. The van der Waals surface area contributed by atoms with Crippen molar-refractivity contribution in [3.05, 3.63) is 16.1 Å². The average Bonchev–Trinajstić information content (AvgIpc) is 3.12. The minimum absolute atomic E-state index is 0.0467. The molecule has 1 aliphatic carbocycles. The van der Waals surface area contributed by atoms with E-state index in [2.05, 4.69) is 4.98 Å². The lowest BCUT2D eigenvalue weighted by Crippen LogP contribution is -2.30. The first kappa shape index (κ1) is 14.4. The summed E-state index contributed by atoms with van der Waals surface area (Å²) in [5.41, 5.74) is 5.98. The van der Waals surface area contributed by atoms with Crippen LogP contribution < -0.4 is 5.73 Å². The number of likely N-dealkylation sites (N-methyl/N-ethyl adjacent to an activating group) is 1. The monoisotopic (exact) mass is 283 g/mol. The van der Waals surface area contributed by atoms with Crippen molar-refractivity contribution in [2.45, 2.75) is 19.3 Å². The molecule has 1 aromatic heterocycles. The largest absolute Gasteiger partial charge is 0.379 e. The van der Waals surface area contributed by atoms with Crippen molar-refractivity contribution >= 4 is 17.2 Å². The number of nitrogens with zero attached hydrogens (tertiary/aromatic N) is 2. The summed E-state index contributed by atoms with van der Waals surface area (Å²) < 4.78 is 5.53. The Hall–Kier alpha value is -0.980.